The highest BCUT2D eigenvalue weighted by Gasteiger charge is 1.92. The highest BCUT2D eigenvalue weighted by atomic mass is 19.1. The third-order valence-corrected chi connectivity index (χ3v) is 0.926. The Morgan fingerprint density at radius 2 is 2.44 bits per heavy atom. The SMILES string of the molecule is [O]Cc1cc(F)ccn1. The molecule has 9 heavy (non-hydrogen) atoms. The zero-order chi connectivity index (χ0) is 6.69. The van der Waals surface area contributed by atoms with Gasteiger partial charge in [0, 0.05) is 6.20 Å². The molecule has 2 nitrogen and oxygen atoms in total. The molecule has 0 aliphatic heterocycles. The van der Waals surface area contributed by atoms with Gasteiger partial charge in [-0.15, -0.1) is 0 Å². The number of pyridine rings is 1. The number of hydrogen-bond acceptors (Lipinski definition) is 1. The first-order valence-corrected chi connectivity index (χ1v) is 2.51. The molecule has 47 valence electrons. The van der Waals surface area contributed by atoms with Crippen LogP contribution in [-0.4, -0.2) is 4.98 Å². The summed E-state index contributed by atoms with van der Waals surface area (Å²) in [5.74, 6) is -0.407. The van der Waals surface area contributed by atoms with Crippen LogP contribution in [0.25, 0.3) is 0 Å². The molecule has 1 radical (unpaired) electrons. The van der Waals surface area contributed by atoms with Crippen molar-refractivity contribution in [3.8, 4) is 0 Å². The summed E-state index contributed by atoms with van der Waals surface area (Å²) >= 11 is 0. The fourth-order valence-electron chi connectivity index (χ4n) is 0.528. The van der Waals surface area contributed by atoms with Crippen molar-refractivity contribution >= 4 is 0 Å². The van der Waals surface area contributed by atoms with Gasteiger partial charge in [-0.25, -0.2) is 9.50 Å². The van der Waals surface area contributed by atoms with E-state index in [-0.39, 0.29) is 5.69 Å². The topological polar surface area (TPSA) is 32.8 Å². The van der Waals surface area contributed by atoms with E-state index in [9.17, 15) is 9.50 Å². The zero-order valence-corrected chi connectivity index (χ0v) is 4.67. The second-order valence-electron chi connectivity index (χ2n) is 1.61. The zero-order valence-electron chi connectivity index (χ0n) is 4.67. The Morgan fingerprint density at radius 1 is 1.67 bits per heavy atom. The molecule has 0 saturated heterocycles. The second-order valence-corrected chi connectivity index (χ2v) is 1.61. The van der Waals surface area contributed by atoms with E-state index in [1.165, 1.54) is 12.3 Å². The van der Waals surface area contributed by atoms with Crippen molar-refractivity contribution in [3.63, 3.8) is 0 Å². The average molecular weight is 126 g/mol. The van der Waals surface area contributed by atoms with E-state index >= 15 is 0 Å². The van der Waals surface area contributed by atoms with Crippen molar-refractivity contribution in [3.05, 3.63) is 29.8 Å². The van der Waals surface area contributed by atoms with Gasteiger partial charge in [0.2, 0.25) is 0 Å². The smallest absolute Gasteiger partial charge is 0.126 e. The molecular formula is C6H5FNO. The molecule has 1 aromatic heterocycles. The van der Waals surface area contributed by atoms with E-state index in [0.29, 0.717) is 0 Å². The Bertz CT molecular complexity index is 202. The van der Waals surface area contributed by atoms with Crippen molar-refractivity contribution < 1.29 is 9.50 Å². The Morgan fingerprint density at radius 3 is 2.89 bits per heavy atom. The average Bonchev–Trinajstić information content (AvgIpc) is 1.88. The summed E-state index contributed by atoms with van der Waals surface area (Å²) in [5, 5.41) is 10.1. The molecular weight excluding hydrogens is 121 g/mol. The van der Waals surface area contributed by atoms with Crippen LogP contribution in [0.4, 0.5) is 4.39 Å². The lowest BCUT2D eigenvalue weighted by Gasteiger charge is -1.90. The predicted octanol–water partition coefficient (Wildman–Crippen LogP) is 1.15. The van der Waals surface area contributed by atoms with Crippen molar-refractivity contribution in [2.75, 3.05) is 0 Å². The van der Waals surface area contributed by atoms with Gasteiger partial charge in [-0.3, -0.25) is 4.98 Å². The van der Waals surface area contributed by atoms with E-state index in [4.69, 9.17) is 0 Å². The molecule has 0 unspecified atom stereocenters. The summed E-state index contributed by atoms with van der Waals surface area (Å²) in [5.41, 5.74) is 0.245. The van der Waals surface area contributed by atoms with E-state index < -0.39 is 12.4 Å². The van der Waals surface area contributed by atoms with Crippen molar-refractivity contribution in [1.82, 2.24) is 4.98 Å². The molecule has 0 amide bonds. The van der Waals surface area contributed by atoms with Crippen LogP contribution in [0.3, 0.4) is 0 Å². The Hall–Kier alpha value is -0.960. The molecule has 0 N–H and O–H groups in total. The molecule has 0 bridgehead atoms. The lowest BCUT2D eigenvalue weighted by Crippen LogP contribution is -1.86. The van der Waals surface area contributed by atoms with Gasteiger partial charge in [-0.1, -0.05) is 0 Å². The van der Waals surface area contributed by atoms with Crippen molar-refractivity contribution in [1.29, 1.82) is 0 Å². The van der Waals surface area contributed by atoms with Crippen LogP contribution < -0.4 is 0 Å². The summed E-state index contributed by atoms with van der Waals surface area (Å²) in [4.78, 5) is 3.61. The normalized spacial score (nSPS) is 9.56. The maximum atomic E-state index is 12.2. The molecule has 1 aromatic rings. The molecule has 0 saturated carbocycles. The van der Waals surface area contributed by atoms with Crippen molar-refractivity contribution in [2.24, 2.45) is 0 Å². The molecule has 0 fully saturated rings. The van der Waals surface area contributed by atoms with E-state index in [1.807, 2.05) is 0 Å². The third-order valence-electron chi connectivity index (χ3n) is 0.926. The number of hydrogen-bond donors (Lipinski definition) is 0. The van der Waals surface area contributed by atoms with Crippen LogP contribution in [0.5, 0.6) is 0 Å². The molecule has 0 aromatic carbocycles. The maximum absolute atomic E-state index is 12.2. The number of aromatic nitrogens is 1. The minimum absolute atomic E-state index is 0.245. The third kappa shape index (κ3) is 1.47. The van der Waals surface area contributed by atoms with Crippen molar-refractivity contribution in [2.45, 2.75) is 6.61 Å². The van der Waals surface area contributed by atoms with Gasteiger partial charge in [0.05, 0.1) is 5.69 Å². The van der Waals surface area contributed by atoms with E-state index in [1.54, 1.807) is 0 Å². The summed E-state index contributed by atoms with van der Waals surface area (Å²) in [6.07, 6.45) is 1.28. The lowest BCUT2D eigenvalue weighted by molar-refractivity contribution is 0.173. The maximum Gasteiger partial charge on any atom is 0.126 e. The van der Waals surface area contributed by atoms with E-state index in [2.05, 4.69) is 4.98 Å². The monoisotopic (exact) mass is 126 g/mol. The minimum atomic E-state index is -0.461. The summed E-state index contributed by atoms with van der Waals surface area (Å²) < 4.78 is 12.2. The van der Waals surface area contributed by atoms with Crippen LogP contribution in [0.2, 0.25) is 0 Å². The Kier molecular flexibility index (Phi) is 1.75. The van der Waals surface area contributed by atoms with Crippen LogP contribution >= 0.6 is 0 Å². The van der Waals surface area contributed by atoms with Gasteiger partial charge in [-0.05, 0) is 12.1 Å². The predicted molar refractivity (Wildman–Crippen MR) is 28.6 cm³/mol. The van der Waals surface area contributed by atoms with Gasteiger partial charge < -0.3 is 0 Å². The van der Waals surface area contributed by atoms with Gasteiger partial charge in [0.15, 0.2) is 0 Å². The van der Waals surface area contributed by atoms with E-state index in [0.717, 1.165) is 6.07 Å². The first-order valence-electron chi connectivity index (χ1n) is 2.51. The first kappa shape index (κ1) is 6.16. The number of rotatable bonds is 1. The Labute approximate surface area is 52.0 Å². The quantitative estimate of drug-likeness (QED) is 0.555. The van der Waals surface area contributed by atoms with Gasteiger partial charge >= 0.3 is 0 Å². The Balaban J connectivity index is 2.94. The fourth-order valence-corrected chi connectivity index (χ4v) is 0.528. The first-order chi connectivity index (χ1) is 4.33. The standard InChI is InChI=1S/C6H5FNO/c7-5-1-2-8-6(3-5)4-9/h1-3H,4H2. The summed E-state index contributed by atoms with van der Waals surface area (Å²) in [6.45, 7) is -0.461. The molecule has 0 aliphatic carbocycles. The van der Waals surface area contributed by atoms with Gasteiger partial charge in [0.25, 0.3) is 0 Å². The minimum Gasteiger partial charge on any atom is -0.258 e. The van der Waals surface area contributed by atoms with Crippen LogP contribution in [0.15, 0.2) is 18.3 Å². The van der Waals surface area contributed by atoms with Crippen LogP contribution in [0.1, 0.15) is 5.69 Å². The number of nitrogens with zero attached hydrogens (tertiary/aromatic N) is 1. The largest absolute Gasteiger partial charge is 0.258 e. The number of halogens is 1. The van der Waals surface area contributed by atoms with Crippen LogP contribution in [-0.2, 0) is 11.7 Å². The molecule has 0 atom stereocenters. The lowest BCUT2D eigenvalue weighted by atomic mass is 10.4. The summed E-state index contributed by atoms with van der Waals surface area (Å²) in [6, 6.07) is 2.34. The van der Waals surface area contributed by atoms with Crippen LogP contribution in [0, 0.1) is 5.82 Å². The highest BCUT2D eigenvalue weighted by Crippen LogP contribution is 1.97. The second kappa shape index (κ2) is 2.55. The molecule has 1 heterocycles. The molecule has 3 heteroatoms. The highest BCUT2D eigenvalue weighted by molar-refractivity contribution is 5.04. The van der Waals surface area contributed by atoms with Gasteiger partial charge in [-0.2, -0.15) is 0 Å². The van der Waals surface area contributed by atoms with Gasteiger partial charge in [0.1, 0.15) is 12.4 Å². The molecule has 0 spiro atoms. The molecule has 1 rings (SSSR count). The molecule has 0 aliphatic rings. The summed E-state index contributed by atoms with van der Waals surface area (Å²) in [7, 11) is 0. The fraction of sp³-hybridized carbons (Fsp3) is 0.167.